The van der Waals surface area contributed by atoms with Crippen LogP contribution in [0.3, 0.4) is 0 Å². The van der Waals surface area contributed by atoms with E-state index in [-0.39, 0.29) is 10.8 Å². The van der Waals surface area contributed by atoms with Gasteiger partial charge in [0.2, 0.25) is 0 Å². The molecule has 0 atom stereocenters. The maximum atomic E-state index is 4.32. The fourth-order valence-electron chi connectivity index (χ4n) is 4.14. The van der Waals surface area contributed by atoms with Gasteiger partial charge in [-0.2, -0.15) is 0 Å². The molecule has 156 valence electrons. The second-order valence-corrected chi connectivity index (χ2v) is 9.85. The van der Waals surface area contributed by atoms with Gasteiger partial charge in [-0.05, 0) is 65.0 Å². The highest BCUT2D eigenvalue weighted by Gasteiger charge is 2.38. The summed E-state index contributed by atoms with van der Waals surface area (Å²) in [6.45, 7) is 26.6. The standard InChI is InChI=1S/C29H40/c1-11-14-22(15-12-2)23-17-26(28(7,8)13-3)25-19-24(16-21(6)20(4)5)29(9,10)27(25)18-23/h11-12,14-18,20H,1,6,13,19H2,2-5,7-10H3/b15-12-,22-14+,24-16+. The smallest absolute Gasteiger partial charge is 0.0115 e. The molecule has 0 unspecified atom stereocenters. The molecule has 0 N–H and O–H groups in total. The van der Waals surface area contributed by atoms with Gasteiger partial charge < -0.3 is 0 Å². The molecule has 0 heterocycles. The topological polar surface area (TPSA) is 0 Å². The third kappa shape index (κ3) is 4.58. The zero-order valence-electron chi connectivity index (χ0n) is 19.9. The van der Waals surface area contributed by atoms with Gasteiger partial charge >= 0.3 is 0 Å². The molecule has 0 saturated carbocycles. The molecule has 1 aliphatic rings. The molecule has 0 aliphatic heterocycles. The van der Waals surface area contributed by atoms with Gasteiger partial charge in [0.15, 0.2) is 0 Å². The summed E-state index contributed by atoms with van der Waals surface area (Å²) in [5.41, 5.74) is 9.83. The Hall–Kier alpha value is -2.08. The summed E-state index contributed by atoms with van der Waals surface area (Å²) in [4.78, 5) is 0. The van der Waals surface area contributed by atoms with E-state index in [2.05, 4.69) is 105 Å². The summed E-state index contributed by atoms with van der Waals surface area (Å²) in [6, 6.07) is 4.84. The molecule has 2 rings (SSSR count). The van der Waals surface area contributed by atoms with E-state index in [1.807, 2.05) is 6.08 Å². The highest BCUT2D eigenvalue weighted by molar-refractivity contribution is 5.77. The number of benzene rings is 1. The zero-order valence-corrected chi connectivity index (χ0v) is 19.9. The van der Waals surface area contributed by atoms with Crippen molar-refractivity contribution in [3.63, 3.8) is 0 Å². The molecule has 1 aromatic carbocycles. The van der Waals surface area contributed by atoms with Crippen LogP contribution in [0.1, 0.15) is 84.1 Å². The van der Waals surface area contributed by atoms with Crippen LogP contribution in [0.4, 0.5) is 0 Å². The van der Waals surface area contributed by atoms with Crippen molar-refractivity contribution >= 4 is 5.57 Å². The first-order chi connectivity index (χ1) is 13.5. The van der Waals surface area contributed by atoms with E-state index in [4.69, 9.17) is 0 Å². The van der Waals surface area contributed by atoms with Gasteiger partial charge in [0.05, 0.1) is 0 Å². The SMILES string of the molecule is C=C/C=C(\C=C/C)c1cc(C(C)(C)CC)c2c(c1)C(C)(C)/C(=C/C(=C)C(C)C)C2. The van der Waals surface area contributed by atoms with Gasteiger partial charge in [-0.15, -0.1) is 0 Å². The first-order valence-electron chi connectivity index (χ1n) is 11.0. The summed E-state index contributed by atoms with van der Waals surface area (Å²) < 4.78 is 0. The second-order valence-electron chi connectivity index (χ2n) is 9.85. The van der Waals surface area contributed by atoms with Crippen LogP contribution in [-0.4, -0.2) is 0 Å². The van der Waals surface area contributed by atoms with Crippen LogP contribution in [0.25, 0.3) is 5.57 Å². The predicted molar refractivity (Wildman–Crippen MR) is 132 cm³/mol. The maximum absolute atomic E-state index is 4.32. The molecule has 0 fully saturated rings. The number of fused-ring (bicyclic) bond motifs is 1. The normalized spacial score (nSPS) is 18.0. The quantitative estimate of drug-likeness (QED) is 0.411. The Morgan fingerprint density at radius 2 is 1.90 bits per heavy atom. The molecule has 1 aromatic rings. The van der Waals surface area contributed by atoms with Gasteiger partial charge in [0, 0.05) is 5.41 Å². The monoisotopic (exact) mass is 388 g/mol. The molecule has 0 saturated heterocycles. The average molecular weight is 389 g/mol. The van der Waals surface area contributed by atoms with E-state index < -0.39 is 0 Å². The van der Waals surface area contributed by atoms with E-state index in [0.29, 0.717) is 5.92 Å². The zero-order chi connectivity index (χ0) is 22.0. The summed E-state index contributed by atoms with van der Waals surface area (Å²) in [7, 11) is 0. The molecule has 0 heteroatoms. The van der Waals surface area contributed by atoms with Crippen molar-refractivity contribution in [2.75, 3.05) is 0 Å². The van der Waals surface area contributed by atoms with Gasteiger partial charge in [0.1, 0.15) is 0 Å². The van der Waals surface area contributed by atoms with Gasteiger partial charge in [-0.25, -0.2) is 0 Å². The van der Waals surface area contributed by atoms with Crippen LogP contribution in [-0.2, 0) is 17.3 Å². The minimum Gasteiger partial charge on any atom is -0.0990 e. The fraction of sp³-hybridized carbons (Fsp3) is 0.448. The lowest BCUT2D eigenvalue weighted by atomic mass is 9.75. The van der Waals surface area contributed by atoms with Crippen molar-refractivity contribution < 1.29 is 0 Å². The Balaban J connectivity index is 2.80. The highest BCUT2D eigenvalue weighted by atomic mass is 14.4. The second kappa shape index (κ2) is 8.74. The highest BCUT2D eigenvalue weighted by Crippen LogP contribution is 2.48. The van der Waals surface area contributed by atoms with E-state index in [1.165, 1.54) is 39.0 Å². The first-order valence-corrected chi connectivity index (χ1v) is 11.0. The van der Waals surface area contributed by atoms with E-state index in [1.54, 1.807) is 0 Å². The number of hydrogen-bond acceptors (Lipinski definition) is 0. The summed E-state index contributed by atoms with van der Waals surface area (Å²) >= 11 is 0. The molecule has 0 nitrogen and oxygen atoms in total. The first kappa shape index (κ1) is 23.2. The van der Waals surface area contributed by atoms with Crippen LogP contribution < -0.4 is 0 Å². The van der Waals surface area contributed by atoms with Crippen LogP contribution in [0.2, 0.25) is 0 Å². The van der Waals surface area contributed by atoms with E-state index in [9.17, 15) is 0 Å². The fourth-order valence-corrected chi connectivity index (χ4v) is 4.14. The van der Waals surface area contributed by atoms with Gasteiger partial charge in [0.25, 0.3) is 0 Å². The molecule has 1 aliphatic carbocycles. The molecular weight excluding hydrogens is 348 g/mol. The molecule has 29 heavy (non-hydrogen) atoms. The molecule has 0 spiro atoms. The Labute approximate surface area is 179 Å². The van der Waals surface area contributed by atoms with Gasteiger partial charge in [-0.1, -0.05) is 109 Å². The van der Waals surface area contributed by atoms with Gasteiger partial charge in [-0.3, -0.25) is 0 Å². The van der Waals surface area contributed by atoms with Crippen LogP contribution >= 0.6 is 0 Å². The number of hydrogen-bond donors (Lipinski definition) is 0. The Morgan fingerprint density at radius 3 is 2.41 bits per heavy atom. The number of allylic oxidation sites excluding steroid dienone is 8. The lowest BCUT2D eigenvalue weighted by Gasteiger charge is -2.29. The van der Waals surface area contributed by atoms with Crippen molar-refractivity contribution in [1.82, 2.24) is 0 Å². The van der Waals surface area contributed by atoms with Crippen LogP contribution in [0.5, 0.6) is 0 Å². The predicted octanol–water partition coefficient (Wildman–Crippen LogP) is 8.49. The van der Waals surface area contributed by atoms with Crippen molar-refractivity contribution in [2.24, 2.45) is 5.92 Å². The molecule has 0 amide bonds. The van der Waals surface area contributed by atoms with Crippen molar-refractivity contribution in [3.8, 4) is 0 Å². The minimum absolute atomic E-state index is 0.0109. The summed E-state index contributed by atoms with van der Waals surface area (Å²) in [5, 5.41) is 0. The molecule has 0 aromatic heterocycles. The third-order valence-corrected chi connectivity index (χ3v) is 6.78. The average Bonchev–Trinajstić information content (AvgIpc) is 2.91. The minimum atomic E-state index is 0.0109. The van der Waals surface area contributed by atoms with E-state index in [0.717, 1.165) is 12.8 Å². The third-order valence-electron chi connectivity index (χ3n) is 6.78. The van der Waals surface area contributed by atoms with Crippen molar-refractivity contribution in [2.45, 2.75) is 79.1 Å². The lowest BCUT2D eigenvalue weighted by molar-refractivity contribution is 0.502. The Morgan fingerprint density at radius 1 is 1.24 bits per heavy atom. The summed E-state index contributed by atoms with van der Waals surface area (Å²) in [5.74, 6) is 0.473. The molecular formula is C29H40. The Bertz CT molecular complexity index is 879. The van der Waals surface area contributed by atoms with Crippen molar-refractivity contribution in [1.29, 1.82) is 0 Å². The molecule has 0 radical (unpaired) electrons. The van der Waals surface area contributed by atoms with Crippen molar-refractivity contribution in [3.05, 3.63) is 89.1 Å². The maximum Gasteiger partial charge on any atom is 0.0115 e. The van der Waals surface area contributed by atoms with Crippen LogP contribution in [0.15, 0.2) is 66.8 Å². The largest absolute Gasteiger partial charge is 0.0990 e. The number of rotatable bonds is 7. The van der Waals surface area contributed by atoms with Crippen LogP contribution in [0, 0.1) is 5.92 Å². The lowest BCUT2D eigenvalue weighted by Crippen LogP contribution is -2.20. The van der Waals surface area contributed by atoms with E-state index >= 15 is 0 Å². The molecule has 0 bridgehead atoms. The summed E-state index contributed by atoms with van der Waals surface area (Å²) in [6.07, 6.45) is 12.8. The Kier molecular flexibility index (Phi) is 6.99.